The Labute approximate surface area is 228 Å². The second-order valence-electron chi connectivity index (χ2n) is 7.95. The maximum absolute atomic E-state index is 12.7. The van der Waals surface area contributed by atoms with Crippen LogP contribution in [0.5, 0.6) is 11.5 Å². The van der Waals surface area contributed by atoms with Gasteiger partial charge in [-0.05, 0) is 70.5 Å². The number of aromatic nitrogens is 1. The molecule has 0 atom stereocenters. The number of H-pyrrole nitrogens is 1. The molecule has 0 unspecified atom stereocenters. The number of ether oxygens (including phenoxy) is 2. The van der Waals surface area contributed by atoms with Crippen molar-refractivity contribution in [2.24, 2.45) is 0 Å². The van der Waals surface area contributed by atoms with E-state index in [4.69, 9.17) is 21.1 Å². The van der Waals surface area contributed by atoms with Crippen molar-refractivity contribution in [2.75, 3.05) is 13.7 Å². The van der Waals surface area contributed by atoms with Gasteiger partial charge in [-0.25, -0.2) is 0 Å². The van der Waals surface area contributed by atoms with E-state index in [0.717, 1.165) is 25.6 Å². The van der Waals surface area contributed by atoms with E-state index < -0.39 is 5.91 Å². The van der Waals surface area contributed by atoms with Crippen molar-refractivity contribution in [3.63, 3.8) is 0 Å². The van der Waals surface area contributed by atoms with Gasteiger partial charge >= 0.3 is 0 Å². The number of halogens is 2. The summed E-state index contributed by atoms with van der Waals surface area (Å²) in [6.45, 7) is 0.693. The van der Waals surface area contributed by atoms with Crippen LogP contribution in [0, 0.1) is 14.9 Å². The van der Waals surface area contributed by atoms with Crippen molar-refractivity contribution in [2.45, 2.75) is 13.0 Å². The van der Waals surface area contributed by atoms with Crippen LogP contribution in [0.3, 0.4) is 0 Å². The van der Waals surface area contributed by atoms with Gasteiger partial charge in [-0.1, -0.05) is 48.0 Å². The third kappa shape index (κ3) is 6.01. The predicted octanol–water partition coefficient (Wildman–Crippen LogP) is 6.28. The average Bonchev–Trinajstić information content (AvgIpc) is 3.30. The van der Waals surface area contributed by atoms with E-state index in [1.54, 1.807) is 19.3 Å². The number of nitrogens with zero attached hydrogens (tertiary/aromatic N) is 1. The molecule has 1 aromatic heterocycles. The number of methoxy groups -OCH3 is 1. The number of hydrogen-bond donors (Lipinski definition) is 2. The second-order valence-corrected chi connectivity index (χ2v) is 9.52. The van der Waals surface area contributed by atoms with Gasteiger partial charge in [0.1, 0.15) is 18.2 Å². The fourth-order valence-corrected chi connectivity index (χ4v) is 4.76. The maximum Gasteiger partial charge on any atom is 0.261 e. The molecule has 0 bridgehead atoms. The quantitative estimate of drug-likeness (QED) is 0.133. The lowest BCUT2D eigenvalue weighted by Gasteiger charge is -2.14. The third-order valence-electron chi connectivity index (χ3n) is 5.61. The van der Waals surface area contributed by atoms with E-state index in [2.05, 4.69) is 32.9 Å². The molecule has 6 nitrogen and oxygen atoms in total. The van der Waals surface area contributed by atoms with Crippen LogP contribution in [-0.4, -0.2) is 24.5 Å². The summed E-state index contributed by atoms with van der Waals surface area (Å²) in [5, 5.41) is 14.2. The molecule has 1 heterocycles. The zero-order valence-corrected chi connectivity index (χ0v) is 22.4. The first kappa shape index (κ1) is 25.6. The molecule has 4 aromatic rings. The Morgan fingerprint density at radius 1 is 1.17 bits per heavy atom. The van der Waals surface area contributed by atoms with Gasteiger partial charge in [0, 0.05) is 34.2 Å². The van der Waals surface area contributed by atoms with E-state index in [0.29, 0.717) is 35.1 Å². The number of carbonyl (C=O) groups excluding carboxylic acids is 1. The monoisotopic (exact) mass is 611 g/mol. The zero-order chi connectivity index (χ0) is 25.5. The van der Waals surface area contributed by atoms with E-state index in [9.17, 15) is 10.1 Å². The number of nitrogens with one attached hydrogen (secondary N) is 2. The molecular formula is C28H23ClIN3O3. The minimum Gasteiger partial charge on any atom is -0.493 e. The Balaban J connectivity index is 1.44. The van der Waals surface area contributed by atoms with Crippen LogP contribution in [0.1, 0.15) is 16.7 Å². The summed E-state index contributed by atoms with van der Waals surface area (Å²) in [6, 6.07) is 21.1. The van der Waals surface area contributed by atoms with Crippen molar-refractivity contribution >= 4 is 57.1 Å². The summed E-state index contributed by atoms with van der Waals surface area (Å²) >= 11 is 8.38. The molecule has 36 heavy (non-hydrogen) atoms. The minimum atomic E-state index is -0.426. The molecule has 1 amide bonds. The lowest BCUT2D eigenvalue weighted by Crippen LogP contribution is -2.26. The van der Waals surface area contributed by atoms with Crippen molar-refractivity contribution in [3.8, 4) is 17.6 Å². The van der Waals surface area contributed by atoms with Crippen LogP contribution in [0.2, 0.25) is 5.02 Å². The zero-order valence-electron chi connectivity index (χ0n) is 19.5. The van der Waals surface area contributed by atoms with Crippen LogP contribution in [0.15, 0.2) is 72.4 Å². The Morgan fingerprint density at radius 2 is 1.94 bits per heavy atom. The summed E-state index contributed by atoms with van der Waals surface area (Å²) in [6.07, 6.45) is 4.14. The van der Waals surface area contributed by atoms with Crippen LogP contribution in [0.25, 0.3) is 17.0 Å². The van der Waals surface area contributed by atoms with Gasteiger partial charge in [-0.2, -0.15) is 5.26 Å². The highest BCUT2D eigenvalue weighted by molar-refractivity contribution is 14.1. The van der Waals surface area contributed by atoms with Crippen molar-refractivity contribution in [3.05, 3.63) is 97.7 Å². The molecule has 3 aromatic carbocycles. The van der Waals surface area contributed by atoms with Gasteiger partial charge in [-0.15, -0.1) is 0 Å². The van der Waals surface area contributed by atoms with Crippen molar-refractivity contribution < 1.29 is 14.3 Å². The standard InChI is InChI=1S/C28H23ClIN3O3/c1-35-26-14-18(13-24(30)27(26)36-17-20-6-2-4-8-23(20)29)12-21(15-31)28(34)32-11-10-19-16-33-25-9-5-3-7-22(19)25/h2-9,12-14,16,33H,10-11,17H2,1H3,(H,32,34)/b21-12-. The first-order valence-corrected chi connectivity index (χ1v) is 12.6. The molecule has 0 aliphatic heterocycles. The molecule has 0 fully saturated rings. The molecule has 8 heteroatoms. The second kappa shape index (κ2) is 12.0. The van der Waals surface area contributed by atoms with Gasteiger partial charge in [0.05, 0.1) is 10.7 Å². The fourth-order valence-electron chi connectivity index (χ4n) is 3.79. The SMILES string of the molecule is COc1cc(/C=C(/C#N)C(=O)NCCc2c[nH]c3ccccc23)cc(I)c1OCc1ccccc1Cl. The topological polar surface area (TPSA) is 87.1 Å². The fraction of sp³-hybridized carbons (Fsp3) is 0.143. The number of para-hydroxylation sites is 1. The number of carbonyl (C=O) groups is 1. The molecule has 0 aliphatic carbocycles. The highest BCUT2D eigenvalue weighted by Gasteiger charge is 2.15. The van der Waals surface area contributed by atoms with E-state index in [-0.39, 0.29) is 12.2 Å². The van der Waals surface area contributed by atoms with Crippen LogP contribution in [0.4, 0.5) is 0 Å². The highest BCUT2D eigenvalue weighted by atomic mass is 127. The van der Waals surface area contributed by atoms with Gasteiger partial charge in [0.25, 0.3) is 5.91 Å². The Morgan fingerprint density at radius 3 is 2.72 bits per heavy atom. The van der Waals surface area contributed by atoms with Crippen LogP contribution < -0.4 is 14.8 Å². The first-order valence-electron chi connectivity index (χ1n) is 11.2. The molecule has 0 saturated heterocycles. The number of benzene rings is 3. The van der Waals surface area contributed by atoms with Gasteiger partial charge < -0.3 is 19.8 Å². The highest BCUT2D eigenvalue weighted by Crippen LogP contribution is 2.35. The summed E-state index contributed by atoms with van der Waals surface area (Å²) in [7, 11) is 1.55. The molecule has 0 saturated carbocycles. The Hall–Kier alpha value is -3.48. The molecule has 0 spiro atoms. The van der Waals surface area contributed by atoms with Gasteiger partial charge in [-0.3, -0.25) is 4.79 Å². The Kier molecular flexibility index (Phi) is 8.52. The van der Waals surface area contributed by atoms with E-state index in [1.165, 1.54) is 0 Å². The van der Waals surface area contributed by atoms with Crippen LogP contribution >= 0.6 is 34.2 Å². The number of rotatable bonds is 9. The smallest absolute Gasteiger partial charge is 0.261 e. The number of hydrogen-bond acceptors (Lipinski definition) is 4. The maximum atomic E-state index is 12.7. The lowest BCUT2D eigenvalue weighted by molar-refractivity contribution is -0.117. The largest absolute Gasteiger partial charge is 0.493 e. The average molecular weight is 612 g/mol. The number of fused-ring (bicyclic) bond motifs is 1. The van der Waals surface area contributed by atoms with Crippen molar-refractivity contribution in [1.82, 2.24) is 10.3 Å². The molecule has 0 radical (unpaired) electrons. The summed E-state index contributed by atoms with van der Waals surface area (Å²) < 4.78 is 12.3. The first-order chi connectivity index (χ1) is 17.5. The summed E-state index contributed by atoms with van der Waals surface area (Å²) in [5.41, 5.74) is 3.69. The minimum absolute atomic E-state index is 0.0107. The lowest BCUT2D eigenvalue weighted by atomic mass is 10.1. The Bertz CT molecular complexity index is 1470. The van der Waals surface area contributed by atoms with E-state index in [1.807, 2.05) is 66.9 Å². The molecule has 182 valence electrons. The number of amides is 1. The molecule has 4 rings (SSSR count). The van der Waals surface area contributed by atoms with Gasteiger partial charge in [0.15, 0.2) is 11.5 Å². The van der Waals surface area contributed by atoms with Gasteiger partial charge in [0.2, 0.25) is 0 Å². The number of nitriles is 1. The molecule has 2 N–H and O–H groups in total. The van der Waals surface area contributed by atoms with Crippen LogP contribution in [-0.2, 0) is 17.8 Å². The molecule has 0 aliphatic rings. The third-order valence-corrected chi connectivity index (χ3v) is 6.78. The predicted molar refractivity (Wildman–Crippen MR) is 150 cm³/mol. The van der Waals surface area contributed by atoms with Crippen molar-refractivity contribution in [1.29, 1.82) is 5.26 Å². The normalized spacial score (nSPS) is 11.2. The summed E-state index contributed by atoms with van der Waals surface area (Å²) in [4.78, 5) is 15.9. The summed E-state index contributed by atoms with van der Waals surface area (Å²) in [5.74, 6) is 0.638. The van der Waals surface area contributed by atoms with E-state index >= 15 is 0 Å². The molecular weight excluding hydrogens is 589 g/mol. The number of aromatic amines is 1.